The Morgan fingerprint density at radius 2 is 1.79 bits per heavy atom. The van der Waals surface area contributed by atoms with Crippen molar-refractivity contribution in [2.45, 2.75) is 39.2 Å². The first-order valence-electron chi connectivity index (χ1n) is 6.41. The molecule has 108 valence electrons. The lowest BCUT2D eigenvalue weighted by Gasteiger charge is -2.37. The number of ether oxygens (including phenoxy) is 2. The zero-order valence-electron chi connectivity index (χ0n) is 11.5. The highest BCUT2D eigenvalue weighted by atomic mass is 16.5. The molecule has 0 radical (unpaired) electrons. The fourth-order valence-electron chi connectivity index (χ4n) is 2.28. The van der Waals surface area contributed by atoms with E-state index >= 15 is 0 Å². The maximum atomic E-state index is 11.8. The second-order valence-corrected chi connectivity index (χ2v) is 4.85. The summed E-state index contributed by atoms with van der Waals surface area (Å²) in [4.78, 5) is 35.3. The summed E-state index contributed by atoms with van der Waals surface area (Å²) in [7, 11) is 0. The number of carbonyl (C=O) groups excluding carboxylic acids is 3. The SMILES string of the molecule is CCOC(=O)[C@H]1C[C@@H](C(=O)OCC)[C@@](C)(O)CC1=O. The van der Waals surface area contributed by atoms with Crippen molar-refractivity contribution in [3.8, 4) is 0 Å². The molecule has 3 atom stereocenters. The van der Waals surface area contributed by atoms with E-state index in [9.17, 15) is 19.5 Å². The third kappa shape index (κ3) is 3.53. The molecule has 1 N–H and O–H groups in total. The van der Waals surface area contributed by atoms with Gasteiger partial charge in [-0.25, -0.2) is 0 Å². The molecule has 1 aliphatic carbocycles. The number of aliphatic hydroxyl groups is 1. The van der Waals surface area contributed by atoms with Crippen LogP contribution in [0.25, 0.3) is 0 Å². The van der Waals surface area contributed by atoms with Crippen molar-refractivity contribution >= 4 is 17.7 Å². The summed E-state index contributed by atoms with van der Waals surface area (Å²) in [5, 5.41) is 10.2. The molecular formula is C13H20O6. The van der Waals surface area contributed by atoms with Gasteiger partial charge in [-0.3, -0.25) is 14.4 Å². The lowest BCUT2D eigenvalue weighted by atomic mass is 9.71. The fourth-order valence-corrected chi connectivity index (χ4v) is 2.28. The number of carbonyl (C=O) groups is 3. The van der Waals surface area contributed by atoms with Gasteiger partial charge in [0.05, 0.1) is 24.7 Å². The topological polar surface area (TPSA) is 89.9 Å². The number of Topliss-reactive ketones (excluding diaryl/α,β-unsaturated/α-hetero) is 1. The standard InChI is InChI=1S/C13H20O6/c1-4-18-11(15)8-6-9(12(16)19-5-2)13(3,17)7-10(8)14/h8-9,17H,4-7H2,1-3H3/t8-,9-,13-/m0/s1. The Labute approximate surface area is 112 Å². The van der Waals surface area contributed by atoms with Gasteiger partial charge in [0.1, 0.15) is 11.7 Å². The fraction of sp³-hybridized carbons (Fsp3) is 0.769. The van der Waals surface area contributed by atoms with Crippen molar-refractivity contribution in [2.75, 3.05) is 13.2 Å². The quantitative estimate of drug-likeness (QED) is 0.590. The summed E-state index contributed by atoms with van der Waals surface area (Å²) in [5.41, 5.74) is -1.48. The van der Waals surface area contributed by atoms with Crippen molar-refractivity contribution < 1.29 is 29.0 Å². The van der Waals surface area contributed by atoms with Gasteiger partial charge in [0.25, 0.3) is 0 Å². The molecule has 0 spiro atoms. The number of hydrogen-bond acceptors (Lipinski definition) is 6. The number of rotatable bonds is 4. The molecule has 0 unspecified atom stereocenters. The highest BCUT2D eigenvalue weighted by Gasteiger charge is 2.50. The number of ketones is 1. The van der Waals surface area contributed by atoms with Crippen LogP contribution in [0.5, 0.6) is 0 Å². The largest absolute Gasteiger partial charge is 0.466 e. The molecule has 0 heterocycles. The van der Waals surface area contributed by atoms with E-state index in [1.165, 1.54) is 6.92 Å². The van der Waals surface area contributed by atoms with Crippen LogP contribution in [0.4, 0.5) is 0 Å². The molecule has 0 amide bonds. The van der Waals surface area contributed by atoms with Gasteiger partial charge < -0.3 is 14.6 Å². The first kappa shape index (κ1) is 15.6. The molecule has 0 aromatic rings. The van der Waals surface area contributed by atoms with E-state index in [2.05, 4.69) is 0 Å². The summed E-state index contributed by atoms with van der Waals surface area (Å²) in [6.45, 7) is 5.06. The molecule has 1 aliphatic rings. The van der Waals surface area contributed by atoms with E-state index in [-0.39, 0.29) is 26.1 Å². The molecule has 1 rings (SSSR count). The van der Waals surface area contributed by atoms with Gasteiger partial charge in [0.2, 0.25) is 0 Å². The molecule has 6 heteroatoms. The summed E-state index contributed by atoms with van der Waals surface area (Å²) in [5.74, 6) is -3.51. The van der Waals surface area contributed by atoms with Crippen LogP contribution in [0.3, 0.4) is 0 Å². The Morgan fingerprint density at radius 3 is 2.32 bits per heavy atom. The highest BCUT2D eigenvalue weighted by molar-refractivity contribution is 6.01. The molecule has 1 saturated carbocycles. The van der Waals surface area contributed by atoms with E-state index in [4.69, 9.17) is 9.47 Å². The molecule has 0 aliphatic heterocycles. The summed E-state index contributed by atoms with van der Waals surface area (Å²) < 4.78 is 9.69. The Balaban J connectivity index is 2.88. The molecule has 0 aromatic carbocycles. The zero-order valence-corrected chi connectivity index (χ0v) is 11.5. The zero-order chi connectivity index (χ0) is 14.6. The second kappa shape index (κ2) is 6.14. The van der Waals surface area contributed by atoms with Gasteiger partial charge in [-0.15, -0.1) is 0 Å². The minimum atomic E-state index is -1.48. The van der Waals surface area contributed by atoms with Crippen LogP contribution in [-0.4, -0.2) is 41.6 Å². The predicted octanol–water partition coefficient (Wildman–Crippen LogP) is 0.459. The van der Waals surface area contributed by atoms with Crippen molar-refractivity contribution in [1.82, 2.24) is 0 Å². The first-order valence-corrected chi connectivity index (χ1v) is 6.41. The molecular weight excluding hydrogens is 252 g/mol. The van der Waals surface area contributed by atoms with Gasteiger partial charge in [-0.05, 0) is 27.2 Å². The van der Waals surface area contributed by atoms with Gasteiger partial charge in [0, 0.05) is 6.42 Å². The minimum Gasteiger partial charge on any atom is -0.466 e. The predicted molar refractivity (Wildman–Crippen MR) is 65.1 cm³/mol. The van der Waals surface area contributed by atoms with Crippen LogP contribution in [0, 0.1) is 11.8 Å². The Hall–Kier alpha value is -1.43. The second-order valence-electron chi connectivity index (χ2n) is 4.85. The molecule has 0 aromatic heterocycles. The summed E-state index contributed by atoms with van der Waals surface area (Å²) in [6.07, 6.45) is -0.316. The van der Waals surface area contributed by atoms with Crippen LogP contribution in [0.15, 0.2) is 0 Å². The van der Waals surface area contributed by atoms with Crippen molar-refractivity contribution in [1.29, 1.82) is 0 Å². The average molecular weight is 272 g/mol. The van der Waals surface area contributed by atoms with Gasteiger partial charge in [0.15, 0.2) is 0 Å². The van der Waals surface area contributed by atoms with E-state index in [0.717, 1.165) is 0 Å². The van der Waals surface area contributed by atoms with Crippen LogP contribution in [0.2, 0.25) is 0 Å². The number of hydrogen-bond donors (Lipinski definition) is 1. The normalized spacial score (nSPS) is 30.8. The molecule has 6 nitrogen and oxygen atoms in total. The Kier molecular flexibility index (Phi) is 5.05. The minimum absolute atomic E-state index is 0.0660. The van der Waals surface area contributed by atoms with Crippen LogP contribution >= 0.6 is 0 Å². The van der Waals surface area contributed by atoms with Gasteiger partial charge in [-0.2, -0.15) is 0 Å². The monoisotopic (exact) mass is 272 g/mol. The van der Waals surface area contributed by atoms with E-state index in [0.29, 0.717) is 0 Å². The maximum Gasteiger partial charge on any atom is 0.316 e. The first-order chi connectivity index (χ1) is 8.83. The molecule has 0 saturated heterocycles. The van der Waals surface area contributed by atoms with Crippen molar-refractivity contribution in [3.63, 3.8) is 0 Å². The summed E-state index contributed by atoms with van der Waals surface area (Å²) >= 11 is 0. The highest BCUT2D eigenvalue weighted by Crippen LogP contribution is 2.36. The molecule has 0 bridgehead atoms. The Bertz CT molecular complexity index is 373. The third-order valence-electron chi connectivity index (χ3n) is 3.29. The van der Waals surface area contributed by atoms with Gasteiger partial charge >= 0.3 is 11.9 Å². The van der Waals surface area contributed by atoms with Crippen LogP contribution < -0.4 is 0 Å². The average Bonchev–Trinajstić information content (AvgIpc) is 2.28. The van der Waals surface area contributed by atoms with Crippen molar-refractivity contribution in [2.24, 2.45) is 11.8 Å². The summed E-state index contributed by atoms with van der Waals surface area (Å²) in [6, 6.07) is 0. The van der Waals surface area contributed by atoms with Crippen LogP contribution in [0.1, 0.15) is 33.6 Å². The van der Waals surface area contributed by atoms with E-state index in [1.54, 1.807) is 13.8 Å². The molecule has 19 heavy (non-hydrogen) atoms. The molecule has 1 fully saturated rings. The van der Waals surface area contributed by atoms with E-state index in [1.807, 2.05) is 0 Å². The smallest absolute Gasteiger partial charge is 0.316 e. The maximum absolute atomic E-state index is 11.8. The third-order valence-corrected chi connectivity index (χ3v) is 3.29. The lowest BCUT2D eigenvalue weighted by Crippen LogP contribution is -2.50. The van der Waals surface area contributed by atoms with E-state index < -0.39 is 35.2 Å². The lowest BCUT2D eigenvalue weighted by molar-refractivity contribution is -0.169. The van der Waals surface area contributed by atoms with Crippen molar-refractivity contribution in [3.05, 3.63) is 0 Å². The van der Waals surface area contributed by atoms with Gasteiger partial charge in [-0.1, -0.05) is 0 Å². The number of esters is 2. The van der Waals surface area contributed by atoms with Crippen LogP contribution in [-0.2, 0) is 23.9 Å². The Morgan fingerprint density at radius 1 is 1.26 bits per heavy atom.